The van der Waals surface area contributed by atoms with Crippen molar-refractivity contribution in [1.82, 2.24) is 5.32 Å². The Bertz CT molecular complexity index is 619. The van der Waals surface area contributed by atoms with E-state index in [-0.39, 0.29) is 17.2 Å². The molecule has 21 heavy (non-hydrogen) atoms. The molecule has 1 amide bonds. The van der Waals surface area contributed by atoms with Gasteiger partial charge in [0.2, 0.25) is 0 Å². The highest BCUT2D eigenvalue weighted by molar-refractivity contribution is 6.30. The molecule has 0 unspecified atom stereocenters. The van der Waals surface area contributed by atoms with E-state index < -0.39 is 17.8 Å². The molecular formula is C16H15ClFNO2. The highest BCUT2D eigenvalue weighted by Crippen LogP contribution is 2.15. The standard InChI is InChI=1S/C16H15ClFNO2/c17-14-7-6-12(9-15(14)18)16(21)19-13(10-20)8-11-4-2-1-3-5-11/h1-7,9,13,20H,8,10H2,(H,19,21)/t13-/m0/s1. The molecule has 0 saturated carbocycles. The van der Waals surface area contributed by atoms with Crippen molar-refractivity contribution in [3.63, 3.8) is 0 Å². The first-order chi connectivity index (χ1) is 10.1. The third kappa shape index (κ3) is 4.28. The van der Waals surface area contributed by atoms with Crippen molar-refractivity contribution < 1.29 is 14.3 Å². The Morgan fingerprint density at radius 1 is 1.24 bits per heavy atom. The molecule has 1 atom stereocenters. The van der Waals surface area contributed by atoms with Crippen LogP contribution in [-0.4, -0.2) is 23.7 Å². The van der Waals surface area contributed by atoms with E-state index in [0.717, 1.165) is 11.6 Å². The van der Waals surface area contributed by atoms with E-state index in [1.54, 1.807) is 0 Å². The molecule has 0 aromatic heterocycles. The minimum atomic E-state index is -0.645. The average Bonchev–Trinajstić information content (AvgIpc) is 2.50. The van der Waals surface area contributed by atoms with Gasteiger partial charge in [-0.05, 0) is 30.2 Å². The lowest BCUT2D eigenvalue weighted by Crippen LogP contribution is -2.39. The van der Waals surface area contributed by atoms with E-state index >= 15 is 0 Å². The fourth-order valence-corrected chi connectivity index (χ4v) is 2.08. The van der Waals surface area contributed by atoms with E-state index in [1.807, 2.05) is 30.3 Å². The van der Waals surface area contributed by atoms with Crippen LogP contribution in [0.4, 0.5) is 4.39 Å². The number of amides is 1. The second-order valence-electron chi connectivity index (χ2n) is 4.67. The van der Waals surface area contributed by atoms with Crippen LogP contribution in [0.1, 0.15) is 15.9 Å². The number of benzene rings is 2. The molecule has 0 heterocycles. The van der Waals surface area contributed by atoms with Crippen LogP contribution in [0.3, 0.4) is 0 Å². The van der Waals surface area contributed by atoms with Crippen LogP contribution < -0.4 is 5.32 Å². The Hall–Kier alpha value is -1.91. The largest absolute Gasteiger partial charge is 0.394 e. The summed E-state index contributed by atoms with van der Waals surface area (Å²) in [5.41, 5.74) is 1.17. The zero-order chi connectivity index (χ0) is 15.2. The summed E-state index contributed by atoms with van der Waals surface area (Å²) in [7, 11) is 0. The number of aliphatic hydroxyl groups is 1. The molecule has 2 aromatic rings. The van der Waals surface area contributed by atoms with Crippen molar-refractivity contribution >= 4 is 17.5 Å². The topological polar surface area (TPSA) is 49.3 Å². The number of carbonyl (C=O) groups is 1. The molecule has 0 aliphatic heterocycles. The Labute approximate surface area is 127 Å². The van der Waals surface area contributed by atoms with Crippen LogP contribution in [-0.2, 0) is 6.42 Å². The highest BCUT2D eigenvalue weighted by atomic mass is 35.5. The number of aliphatic hydroxyl groups excluding tert-OH is 1. The van der Waals surface area contributed by atoms with E-state index in [9.17, 15) is 14.3 Å². The summed E-state index contributed by atoms with van der Waals surface area (Å²) in [6, 6.07) is 12.9. The molecular weight excluding hydrogens is 293 g/mol. The van der Waals surface area contributed by atoms with E-state index in [0.29, 0.717) is 6.42 Å². The van der Waals surface area contributed by atoms with Gasteiger partial charge in [-0.25, -0.2) is 4.39 Å². The summed E-state index contributed by atoms with van der Waals surface area (Å²) in [4.78, 5) is 12.0. The number of halogens is 2. The van der Waals surface area contributed by atoms with Gasteiger partial charge in [-0.1, -0.05) is 41.9 Å². The molecule has 0 fully saturated rings. The summed E-state index contributed by atoms with van der Waals surface area (Å²) in [6.07, 6.45) is 0.499. The van der Waals surface area contributed by atoms with Crippen molar-refractivity contribution in [2.24, 2.45) is 0 Å². The Kier molecular flexibility index (Phi) is 5.31. The van der Waals surface area contributed by atoms with Crippen molar-refractivity contribution in [2.75, 3.05) is 6.61 Å². The maximum atomic E-state index is 13.3. The van der Waals surface area contributed by atoms with Gasteiger partial charge in [0, 0.05) is 5.56 Å². The summed E-state index contributed by atoms with van der Waals surface area (Å²) in [5.74, 6) is -1.09. The molecule has 2 N–H and O–H groups in total. The number of hydrogen-bond donors (Lipinski definition) is 2. The molecule has 2 aromatic carbocycles. The van der Waals surface area contributed by atoms with Gasteiger partial charge in [0.25, 0.3) is 5.91 Å². The first-order valence-corrected chi connectivity index (χ1v) is 6.88. The monoisotopic (exact) mass is 307 g/mol. The lowest BCUT2D eigenvalue weighted by atomic mass is 10.1. The maximum Gasteiger partial charge on any atom is 0.251 e. The second kappa shape index (κ2) is 7.20. The number of carbonyl (C=O) groups excluding carboxylic acids is 1. The third-order valence-electron chi connectivity index (χ3n) is 3.06. The molecule has 3 nitrogen and oxygen atoms in total. The normalized spacial score (nSPS) is 12.0. The average molecular weight is 308 g/mol. The predicted molar refractivity (Wildman–Crippen MR) is 79.9 cm³/mol. The molecule has 0 aliphatic rings. The Morgan fingerprint density at radius 3 is 2.57 bits per heavy atom. The van der Waals surface area contributed by atoms with Gasteiger partial charge in [0.05, 0.1) is 17.7 Å². The zero-order valence-corrected chi connectivity index (χ0v) is 12.0. The van der Waals surface area contributed by atoms with Crippen molar-refractivity contribution in [3.8, 4) is 0 Å². The fraction of sp³-hybridized carbons (Fsp3) is 0.188. The highest BCUT2D eigenvalue weighted by Gasteiger charge is 2.14. The third-order valence-corrected chi connectivity index (χ3v) is 3.37. The first kappa shape index (κ1) is 15.5. The van der Waals surface area contributed by atoms with E-state index in [4.69, 9.17) is 11.6 Å². The summed E-state index contributed by atoms with van der Waals surface area (Å²) < 4.78 is 13.3. The lowest BCUT2D eigenvalue weighted by molar-refractivity contribution is 0.0916. The van der Waals surface area contributed by atoms with E-state index in [1.165, 1.54) is 12.1 Å². The van der Waals surface area contributed by atoms with Crippen LogP contribution in [0.2, 0.25) is 5.02 Å². The van der Waals surface area contributed by atoms with Gasteiger partial charge in [0.15, 0.2) is 0 Å². The molecule has 0 spiro atoms. The van der Waals surface area contributed by atoms with Gasteiger partial charge in [-0.2, -0.15) is 0 Å². The molecule has 0 radical (unpaired) electrons. The van der Waals surface area contributed by atoms with Gasteiger partial charge in [0.1, 0.15) is 5.82 Å². The molecule has 2 rings (SSSR count). The molecule has 0 bridgehead atoms. The number of nitrogens with one attached hydrogen (secondary N) is 1. The van der Waals surface area contributed by atoms with Crippen LogP contribution in [0.25, 0.3) is 0 Å². The summed E-state index contributed by atoms with van der Waals surface area (Å²) in [6.45, 7) is -0.198. The summed E-state index contributed by atoms with van der Waals surface area (Å²) >= 11 is 5.58. The SMILES string of the molecule is O=C(N[C@H](CO)Cc1ccccc1)c1ccc(Cl)c(F)c1. The number of rotatable bonds is 5. The first-order valence-electron chi connectivity index (χ1n) is 6.51. The lowest BCUT2D eigenvalue weighted by Gasteiger charge is -2.16. The molecule has 5 heteroatoms. The quantitative estimate of drug-likeness (QED) is 0.892. The van der Waals surface area contributed by atoms with E-state index in [2.05, 4.69) is 5.32 Å². The Morgan fingerprint density at radius 2 is 1.95 bits per heavy atom. The fourth-order valence-electron chi connectivity index (χ4n) is 1.97. The van der Waals surface area contributed by atoms with Crippen molar-refractivity contribution in [3.05, 3.63) is 70.5 Å². The van der Waals surface area contributed by atoms with Crippen molar-refractivity contribution in [2.45, 2.75) is 12.5 Å². The minimum absolute atomic E-state index is 0.0328. The van der Waals surface area contributed by atoms with Crippen molar-refractivity contribution in [1.29, 1.82) is 0 Å². The van der Waals surface area contributed by atoms with Gasteiger partial charge >= 0.3 is 0 Å². The summed E-state index contributed by atoms with van der Waals surface area (Å²) in [5, 5.41) is 12.0. The van der Waals surface area contributed by atoms with Crippen LogP contribution in [0.5, 0.6) is 0 Å². The van der Waals surface area contributed by atoms with Gasteiger partial charge < -0.3 is 10.4 Å². The molecule has 0 saturated heterocycles. The van der Waals surface area contributed by atoms with Crippen LogP contribution in [0.15, 0.2) is 48.5 Å². The maximum absolute atomic E-state index is 13.3. The minimum Gasteiger partial charge on any atom is -0.394 e. The molecule has 110 valence electrons. The second-order valence-corrected chi connectivity index (χ2v) is 5.08. The van der Waals surface area contributed by atoms with Gasteiger partial charge in [-0.15, -0.1) is 0 Å². The smallest absolute Gasteiger partial charge is 0.251 e. The number of hydrogen-bond acceptors (Lipinski definition) is 2. The van der Waals surface area contributed by atoms with Gasteiger partial charge in [-0.3, -0.25) is 4.79 Å². The Balaban J connectivity index is 2.04. The molecule has 0 aliphatic carbocycles. The van der Waals surface area contributed by atoms with Crippen LogP contribution >= 0.6 is 11.6 Å². The van der Waals surface area contributed by atoms with Crippen LogP contribution in [0, 0.1) is 5.82 Å². The zero-order valence-electron chi connectivity index (χ0n) is 11.2. The predicted octanol–water partition coefficient (Wildman–Crippen LogP) is 2.81.